The summed E-state index contributed by atoms with van der Waals surface area (Å²) in [5, 5.41) is 6.46. The molecule has 160 valence electrons. The van der Waals surface area contributed by atoms with Gasteiger partial charge in [-0.15, -0.1) is 0 Å². The van der Waals surface area contributed by atoms with E-state index in [1.54, 1.807) is 37.3 Å². The summed E-state index contributed by atoms with van der Waals surface area (Å²) < 4.78 is 10.9. The van der Waals surface area contributed by atoms with Crippen LogP contribution in [0.1, 0.15) is 34.5 Å². The van der Waals surface area contributed by atoms with Gasteiger partial charge in [0.1, 0.15) is 11.7 Å². The third kappa shape index (κ3) is 4.92. The largest absolute Gasteiger partial charge is 0.447 e. The van der Waals surface area contributed by atoms with Gasteiger partial charge < -0.3 is 14.6 Å². The second-order valence-corrected chi connectivity index (χ2v) is 7.29. The highest BCUT2D eigenvalue weighted by atomic mass is 16.5. The number of benzene rings is 3. The van der Waals surface area contributed by atoms with Crippen molar-refractivity contribution >= 4 is 17.7 Å². The smallest absolute Gasteiger partial charge is 0.319 e. The van der Waals surface area contributed by atoms with Gasteiger partial charge in [0.2, 0.25) is 6.10 Å². The number of ether oxygens (including phenoxy) is 1. The number of aromatic nitrogens is 1. The molecule has 0 bridgehead atoms. The first-order valence-electron chi connectivity index (χ1n) is 10.2. The van der Waals surface area contributed by atoms with E-state index in [1.165, 1.54) is 0 Å². The molecule has 0 aliphatic carbocycles. The van der Waals surface area contributed by atoms with Gasteiger partial charge in [-0.25, -0.2) is 0 Å². The minimum absolute atomic E-state index is 0.257. The first-order chi connectivity index (χ1) is 15.6. The van der Waals surface area contributed by atoms with Crippen LogP contribution in [-0.4, -0.2) is 17.0 Å². The number of aryl methyl sites for hydroxylation is 1. The lowest BCUT2D eigenvalue weighted by Crippen LogP contribution is -2.28. The van der Waals surface area contributed by atoms with Crippen LogP contribution in [0.15, 0.2) is 102 Å². The zero-order chi connectivity index (χ0) is 22.3. The fourth-order valence-electron chi connectivity index (χ4n) is 3.46. The topological polar surface area (TPSA) is 81.4 Å². The number of nitrogens with one attached hydrogen (secondary N) is 1. The van der Waals surface area contributed by atoms with Crippen molar-refractivity contribution in [2.24, 2.45) is 0 Å². The van der Waals surface area contributed by atoms with Crippen molar-refractivity contribution in [1.29, 1.82) is 0 Å². The molecule has 0 saturated heterocycles. The third-order valence-corrected chi connectivity index (χ3v) is 4.96. The molecule has 0 spiro atoms. The van der Waals surface area contributed by atoms with Crippen LogP contribution in [0.5, 0.6) is 0 Å². The Hall–Kier alpha value is -4.19. The first kappa shape index (κ1) is 21.1. The Kier molecular flexibility index (Phi) is 6.41. The molecule has 1 amide bonds. The van der Waals surface area contributed by atoms with Gasteiger partial charge in [0.25, 0.3) is 5.91 Å². The van der Waals surface area contributed by atoms with E-state index in [9.17, 15) is 9.59 Å². The minimum atomic E-state index is -1.16. The number of esters is 1. The van der Waals surface area contributed by atoms with Crippen LogP contribution in [-0.2, 0) is 14.3 Å². The average molecular weight is 426 g/mol. The van der Waals surface area contributed by atoms with Crippen molar-refractivity contribution in [1.82, 2.24) is 5.16 Å². The monoisotopic (exact) mass is 426 g/mol. The Morgan fingerprint density at radius 3 is 1.78 bits per heavy atom. The van der Waals surface area contributed by atoms with E-state index in [0.29, 0.717) is 11.3 Å². The predicted octanol–water partition coefficient (Wildman–Crippen LogP) is 5.04. The van der Waals surface area contributed by atoms with Gasteiger partial charge in [-0.1, -0.05) is 96.2 Å². The SMILES string of the molecule is Cc1cc(NC(=O)[C@H](OC(=O)C(c2ccccc2)c2ccccc2)c2ccccc2)no1. The molecular weight excluding hydrogens is 404 g/mol. The molecular formula is C26H22N2O4. The number of hydrogen-bond acceptors (Lipinski definition) is 5. The summed E-state index contributed by atoms with van der Waals surface area (Å²) in [6, 6.07) is 29.2. The average Bonchev–Trinajstić information content (AvgIpc) is 3.24. The zero-order valence-electron chi connectivity index (χ0n) is 17.5. The van der Waals surface area contributed by atoms with E-state index in [2.05, 4.69) is 10.5 Å². The maximum absolute atomic E-state index is 13.5. The molecule has 0 unspecified atom stereocenters. The molecule has 3 aromatic carbocycles. The molecule has 1 N–H and O–H groups in total. The highest BCUT2D eigenvalue weighted by molar-refractivity contribution is 5.96. The number of carbonyl (C=O) groups is 2. The van der Waals surface area contributed by atoms with Gasteiger partial charge >= 0.3 is 5.97 Å². The number of amides is 1. The van der Waals surface area contributed by atoms with Crippen LogP contribution in [0.2, 0.25) is 0 Å². The van der Waals surface area contributed by atoms with Crippen LogP contribution in [0, 0.1) is 6.92 Å². The summed E-state index contributed by atoms with van der Waals surface area (Å²) in [6.07, 6.45) is -1.16. The molecule has 1 atom stereocenters. The summed E-state index contributed by atoms with van der Waals surface area (Å²) in [5.41, 5.74) is 2.12. The molecule has 0 saturated carbocycles. The normalized spacial score (nSPS) is 11.7. The number of anilines is 1. The van der Waals surface area contributed by atoms with E-state index in [1.807, 2.05) is 66.7 Å². The maximum atomic E-state index is 13.5. The summed E-state index contributed by atoms with van der Waals surface area (Å²) >= 11 is 0. The molecule has 6 nitrogen and oxygen atoms in total. The highest BCUT2D eigenvalue weighted by Gasteiger charge is 2.31. The predicted molar refractivity (Wildman–Crippen MR) is 120 cm³/mol. The molecule has 4 aromatic rings. The number of hydrogen-bond donors (Lipinski definition) is 1. The van der Waals surface area contributed by atoms with Crippen LogP contribution in [0.3, 0.4) is 0 Å². The van der Waals surface area contributed by atoms with Gasteiger partial charge in [-0.2, -0.15) is 0 Å². The van der Waals surface area contributed by atoms with Crippen molar-refractivity contribution < 1.29 is 18.8 Å². The Bertz CT molecular complexity index is 1130. The van der Waals surface area contributed by atoms with Crippen LogP contribution in [0.4, 0.5) is 5.82 Å². The Morgan fingerprint density at radius 1 is 0.812 bits per heavy atom. The van der Waals surface area contributed by atoms with Gasteiger partial charge in [0, 0.05) is 11.6 Å². The molecule has 4 rings (SSSR count). The minimum Gasteiger partial charge on any atom is -0.447 e. The number of nitrogens with zero attached hydrogens (tertiary/aromatic N) is 1. The summed E-state index contributed by atoms with van der Waals surface area (Å²) in [4.78, 5) is 26.5. The van der Waals surface area contributed by atoms with Crippen molar-refractivity contribution in [3.8, 4) is 0 Å². The van der Waals surface area contributed by atoms with Crippen LogP contribution >= 0.6 is 0 Å². The highest BCUT2D eigenvalue weighted by Crippen LogP contribution is 2.29. The van der Waals surface area contributed by atoms with Crippen molar-refractivity contribution in [3.05, 3.63) is 120 Å². The van der Waals surface area contributed by atoms with E-state index in [0.717, 1.165) is 11.1 Å². The molecule has 0 aliphatic heterocycles. The van der Waals surface area contributed by atoms with Crippen LogP contribution in [0.25, 0.3) is 0 Å². The van der Waals surface area contributed by atoms with E-state index >= 15 is 0 Å². The molecule has 0 radical (unpaired) electrons. The summed E-state index contributed by atoms with van der Waals surface area (Å²) in [7, 11) is 0. The Balaban J connectivity index is 1.65. The van der Waals surface area contributed by atoms with Crippen LogP contribution < -0.4 is 5.32 Å². The zero-order valence-corrected chi connectivity index (χ0v) is 17.5. The second kappa shape index (κ2) is 9.75. The van der Waals surface area contributed by atoms with Crippen molar-refractivity contribution in [2.75, 3.05) is 5.32 Å². The lowest BCUT2D eigenvalue weighted by atomic mass is 9.91. The molecule has 32 heavy (non-hydrogen) atoms. The fraction of sp³-hybridized carbons (Fsp3) is 0.115. The fourth-order valence-corrected chi connectivity index (χ4v) is 3.46. The molecule has 1 aromatic heterocycles. The van der Waals surface area contributed by atoms with Crippen molar-refractivity contribution in [3.63, 3.8) is 0 Å². The van der Waals surface area contributed by atoms with Gasteiger partial charge in [-0.05, 0) is 18.1 Å². The standard InChI is InChI=1S/C26H22N2O4/c1-18-17-22(28-32-18)27-25(29)24(21-15-9-4-10-16-21)31-26(30)23(19-11-5-2-6-12-19)20-13-7-3-8-14-20/h2-17,23-24H,1H3,(H,27,28,29)/t24-/m1/s1. The molecule has 6 heteroatoms. The van der Waals surface area contributed by atoms with Gasteiger partial charge in [-0.3, -0.25) is 9.59 Å². The number of carbonyl (C=O) groups excluding carboxylic acids is 2. The molecule has 1 heterocycles. The maximum Gasteiger partial charge on any atom is 0.319 e. The summed E-state index contributed by atoms with van der Waals surface area (Å²) in [5.74, 6) is -0.903. The quantitative estimate of drug-likeness (QED) is 0.419. The van der Waals surface area contributed by atoms with Gasteiger partial charge in [0.15, 0.2) is 5.82 Å². The van der Waals surface area contributed by atoms with Gasteiger partial charge in [0.05, 0.1) is 0 Å². The van der Waals surface area contributed by atoms with E-state index < -0.39 is 23.9 Å². The molecule has 0 fully saturated rings. The molecule has 0 aliphatic rings. The Morgan fingerprint density at radius 2 is 1.31 bits per heavy atom. The summed E-state index contributed by atoms with van der Waals surface area (Å²) in [6.45, 7) is 1.72. The third-order valence-electron chi connectivity index (χ3n) is 4.96. The first-order valence-corrected chi connectivity index (χ1v) is 10.2. The lowest BCUT2D eigenvalue weighted by Gasteiger charge is -2.22. The second-order valence-electron chi connectivity index (χ2n) is 7.29. The lowest BCUT2D eigenvalue weighted by molar-refractivity contribution is -0.155. The van der Waals surface area contributed by atoms with Crippen molar-refractivity contribution in [2.45, 2.75) is 18.9 Å². The van der Waals surface area contributed by atoms with E-state index in [-0.39, 0.29) is 5.82 Å². The number of rotatable bonds is 7. The Labute approximate surface area is 185 Å². The van der Waals surface area contributed by atoms with E-state index in [4.69, 9.17) is 9.26 Å².